The molecule has 0 saturated carbocycles. The number of amides is 1. The van der Waals surface area contributed by atoms with E-state index in [2.05, 4.69) is 21.3 Å². The number of rotatable bonds is 3. The van der Waals surface area contributed by atoms with E-state index >= 15 is 0 Å². The third-order valence-electron chi connectivity index (χ3n) is 2.75. The average Bonchev–Trinajstić information content (AvgIpc) is 2.84. The Kier molecular flexibility index (Phi) is 4.19. The van der Waals surface area contributed by atoms with Gasteiger partial charge in [0.25, 0.3) is 5.91 Å². The number of benzene rings is 1. The van der Waals surface area contributed by atoms with E-state index in [4.69, 9.17) is 0 Å². The summed E-state index contributed by atoms with van der Waals surface area (Å²) in [5, 5.41) is 4.09. The Bertz CT molecular complexity index is 551. The maximum Gasteiger partial charge on any atom is 0.253 e. The number of hydrogen-bond acceptors (Lipinski definition) is 2. The Morgan fingerprint density at radius 3 is 2.78 bits per heavy atom. The Morgan fingerprint density at radius 2 is 2.17 bits per heavy atom. The number of aryl methyl sites for hydroxylation is 1. The first-order chi connectivity index (χ1) is 8.58. The molecule has 2 aromatic rings. The van der Waals surface area contributed by atoms with E-state index in [1.807, 2.05) is 43.6 Å². The van der Waals surface area contributed by atoms with Crippen molar-refractivity contribution in [2.75, 3.05) is 7.05 Å². The third kappa shape index (κ3) is 3.00. The van der Waals surface area contributed by atoms with Gasteiger partial charge in [-0.15, -0.1) is 0 Å². The van der Waals surface area contributed by atoms with Gasteiger partial charge < -0.3 is 4.90 Å². The van der Waals surface area contributed by atoms with E-state index in [-0.39, 0.29) is 5.91 Å². The second-order valence-corrected chi connectivity index (χ2v) is 5.89. The molecule has 1 aromatic carbocycles. The first-order valence-electron chi connectivity index (χ1n) is 5.60. The number of carbonyl (C=O) groups is 1. The van der Waals surface area contributed by atoms with Crippen molar-refractivity contribution in [1.82, 2.24) is 4.90 Å². The van der Waals surface area contributed by atoms with Crippen LogP contribution in [0.2, 0.25) is 0 Å². The van der Waals surface area contributed by atoms with Crippen LogP contribution >= 0.6 is 27.3 Å². The predicted octanol–water partition coefficient (Wildman–Crippen LogP) is 4.09. The maximum absolute atomic E-state index is 12.2. The molecule has 18 heavy (non-hydrogen) atoms. The van der Waals surface area contributed by atoms with Crippen molar-refractivity contribution in [2.45, 2.75) is 13.5 Å². The van der Waals surface area contributed by atoms with Gasteiger partial charge in [0.1, 0.15) is 0 Å². The Hall–Kier alpha value is -1.13. The molecule has 0 saturated heterocycles. The first kappa shape index (κ1) is 13.3. The number of thiophene rings is 1. The van der Waals surface area contributed by atoms with Crippen LogP contribution in [0, 0.1) is 6.92 Å². The molecule has 0 N–H and O–H groups in total. The van der Waals surface area contributed by atoms with Gasteiger partial charge in [0, 0.05) is 23.6 Å². The summed E-state index contributed by atoms with van der Waals surface area (Å²) >= 11 is 5.09. The summed E-state index contributed by atoms with van der Waals surface area (Å²) in [7, 11) is 1.83. The highest BCUT2D eigenvalue weighted by Gasteiger charge is 2.12. The second kappa shape index (κ2) is 5.67. The van der Waals surface area contributed by atoms with Crippen LogP contribution in [0.3, 0.4) is 0 Å². The van der Waals surface area contributed by atoms with Crippen LogP contribution in [0.25, 0.3) is 0 Å². The highest BCUT2D eigenvalue weighted by molar-refractivity contribution is 9.10. The molecule has 0 bridgehead atoms. The largest absolute Gasteiger partial charge is 0.337 e. The number of nitrogens with zero attached hydrogens (tertiary/aromatic N) is 1. The summed E-state index contributed by atoms with van der Waals surface area (Å²) in [5.74, 6) is 0.0526. The third-order valence-corrected chi connectivity index (χ3v) is 4.37. The van der Waals surface area contributed by atoms with E-state index in [9.17, 15) is 4.79 Å². The Labute approximate surface area is 119 Å². The molecule has 1 amide bonds. The standard InChI is InChI=1S/C14H14BrNOS/c1-10-7-12(3-4-13(10)15)14(17)16(2)8-11-5-6-18-9-11/h3-7,9H,8H2,1-2H3. The van der Waals surface area contributed by atoms with Gasteiger partial charge >= 0.3 is 0 Å². The van der Waals surface area contributed by atoms with Crippen molar-refractivity contribution in [2.24, 2.45) is 0 Å². The average molecular weight is 324 g/mol. The van der Waals surface area contributed by atoms with Gasteiger partial charge in [0.15, 0.2) is 0 Å². The van der Waals surface area contributed by atoms with Crippen molar-refractivity contribution in [3.8, 4) is 0 Å². The van der Waals surface area contributed by atoms with E-state index in [1.165, 1.54) is 5.56 Å². The predicted molar refractivity (Wildman–Crippen MR) is 79.0 cm³/mol. The molecule has 2 nitrogen and oxygen atoms in total. The maximum atomic E-state index is 12.2. The molecule has 0 atom stereocenters. The quantitative estimate of drug-likeness (QED) is 0.833. The molecule has 2 rings (SSSR count). The van der Waals surface area contributed by atoms with Gasteiger partial charge in [-0.3, -0.25) is 4.79 Å². The first-order valence-corrected chi connectivity index (χ1v) is 7.34. The van der Waals surface area contributed by atoms with Crippen molar-refractivity contribution in [3.05, 3.63) is 56.2 Å². The molecular weight excluding hydrogens is 310 g/mol. The molecule has 1 heterocycles. The molecule has 0 aliphatic rings. The number of carbonyl (C=O) groups excluding carboxylic acids is 1. The highest BCUT2D eigenvalue weighted by Crippen LogP contribution is 2.18. The molecule has 0 radical (unpaired) electrons. The summed E-state index contributed by atoms with van der Waals surface area (Å²) in [6.45, 7) is 2.64. The van der Waals surface area contributed by atoms with Gasteiger partial charge in [-0.1, -0.05) is 15.9 Å². The zero-order valence-electron chi connectivity index (χ0n) is 10.3. The molecule has 0 aliphatic carbocycles. The molecule has 4 heteroatoms. The minimum absolute atomic E-state index is 0.0526. The zero-order chi connectivity index (χ0) is 13.1. The van der Waals surface area contributed by atoms with Crippen LogP contribution in [-0.4, -0.2) is 17.9 Å². The number of halogens is 1. The highest BCUT2D eigenvalue weighted by atomic mass is 79.9. The minimum atomic E-state index is 0.0526. The lowest BCUT2D eigenvalue weighted by atomic mass is 10.1. The fourth-order valence-corrected chi connectivity index (χ4v) is 2.63. The lowest BCUT2D eigenvalue weighted by molar-refractivity contribution is 0.0785. The van der Waals surface area contributed by atoms with Crippen LogP contribution in [0.15, 0.2) is 39.5 Å². The van der Waals surface area contributed by atoms with Gasteiger partial charge in [-0.2, -0.15) is 11.3 Å². The lowest BCUT2D eigenvalue weighted by Crippen LogP contribution is -2.26. The minimum Gasteiger partial charge on any atom is -0.337 e. The van der Waals surface area contributed by atoms with Crippen LogP contribution in [0.1, 0.15) is 21.5 Å². The van der Waals surface area contributed by atoms with Gasteiger partial charge in [0.2, 0.25) is 0 Å². The second-order valence-electron chi connectivity index (χ2n) is 4.26. The molecule has 0 spiro atoms. The van der Waals surface area contributed by atoms with Gasteiger partial charge in [0.05, 0.1) is 0 Å². The van der Waals surface area contributed by atoms with Crippen molar-refractivity contribution < 1.29 is 4.79 Å². The van der Waals surface area contributed by atoms with Crippen LogP contribution < -0.4 is 0 Å². The summed E-state index contributed by atoms with van der Waals surface area (Å²) in [5.41, 5.74) is 2.97. The summed E-state index contributed by atoms with van der Waals surface area (Å²) < 4.78 is 1.03. The van der Waals surface area contributed by atoms with E-state index in [0.717, 1.165) is 15.6 Å². The van der Waals surface area contributed by atoms with E-state index < -0.39 is 0 Å². The summed E-state index contributed by atoms with van der Waals surface area (Å²) in [6.07, 6.45) is 0. The monoisotopic (exact) mass is 323 g/mol. The summed E-state index contributed by atoms with van der Waals surface area (Å²) in [4.78, 5) is 14.0. The SMILES string of the molecule is Cc1cc(C(=O)N(C)Cc2ccsc2)ccc1Br. The van der Waals surface area contributed by atoms with Crippen LogP contribution in [-0.2, 0) is 6.54 Å². The molecular formula is C14H14BrNOS. The number of hydrogen-bond donors (Lipinski definition) is 0. The van der Waals surface area contributed by atoms with Crippen molar-refractivity contribution in [3.63, 3.8) is 0 Å². The van der Waals surface area contributed by atoms with Gasteiger partial charge in [-0.05, 0) is 53.1 Å². The van der Waals surface area contributed by atoms with E-state index in [1.54, 1.807) is 16.2 Å². The van der Waals surface area contributed by atoms with Gasteiger partial charge in [-0.25, -0.2) is 0 Å². The van der Waals surface area contributed by atoms with Crippen LogP contribution in [0.5, 0.6) is 0 Å². The molecule has 0 fully saturated rings. The summed E-state index contributed by atoms with van der Waals surface area (Å²) in [6, 6.07) is 7.72. The molecule has 0 unspecified atom stereocenters. The lowest BCUT2D eigenvalue weighted by Gasteiger charge is -2.17. The molecule has 1 aromatic heterocycles. The molecule has 0 aliphatic heterocycles. The Morgan fingerprint density at radius 1 is 1.39 bits per heavy atom. The fraction of sp³-hybridized carbons (Fsp3) is 0.214. The van der Waals surface area contributed by atoms with E-state index in [0.29, 0.717) is 6.54 Å². The fourth-order valence-electron chi connectivity index (χ4n) is 1.73. The van der Waals surface area contributed by atoms with Crippen molar-refractivity contribution in [1.29, 1.82) is 0 Å². The smallest absolute Gasteiger partial charge is 0.253 e. The Balaban J connectivity index is 2.12. The topological polar surface area (TPSA) is 20.3 Å². The molecule has 94 valence electrons. The zero-order valence-corrected chi connectivity index (χ0v) is 12.7. The normalized spacial score (nSPS) is 10.4. The van der Waals surface area contributed by atoms with Crippen molar-refractivity contribution >= 4 is 33.2 Å². The van der Waals surface area contributed by atoms with Crippen LogP contribution in [0.4, 0.5) is 0 Å².